The number of hydrogen-bond acceptors (Lipinski definition) is 5. The average molecular weight is 310 g/mol. The van der Waals surface area contributed by atoms with Crippen LogP contribution in [-0.4, -0.2) is 28.1 Å². The molecule has 0 saturated carbocycles. The van der Waals surface area contributed by atoms with Crippen molar-refractivity contribution in [3.05, 3.63) is 36.0 Å². The number of hydrogen-bond donors (Lipinski definition) is 1. The number of anilines is 1. The molecule has 0 aliphatic carbocycles. The van der Waals surface area contributed by atoms with E-state index in [0.717, 1.165) is 11.2 Å². The first-order chi connectivity index (χ1) is 10.7. The van der Waals surface area contributed by atoms with Crippen LogP contribution in [0.1, 0.15) is 33.3 Å². The van der Waals surface area contributed by atoms with Crippen LogP contribution in [0.4, 0.5) is 5.82 Å². The Bertz CT molecular complexity index is 776. The normalized spacial score (nSPS) is 18.8. The molecular formula is C16H19BN4O2. The summed E-state index contributed by atoms with van der Waals surface area (Å²) in [4.78, 5) is 0. The third-order valence-electron chi connectivity index (χ3n) is 4.57. The highest BCUT2D eigenvalue weighted by molar-refractivity contribution is 6.62. The van der Waals surface area contributed by atoms with Gasteiger partial charge in [-0.3, -0.25) is 0 Å². The van der Waals surface area contributed by atoms with Crippen molar-refractivity contribution in [2.45, 2.75) is 38.9 Å². The molecule has 0 spiro atoms. The summed E-state index contributed by atoms with van der Waals surface area (Å²) in [6, 6.07) is 9.64. The Balaban J connectivity index is 1.96. The zero-order valence-corrected chi connectivity index (χ0v) is 13.7. The molecule has 23 heavy (non-hydrogen) atoms. The summed E-state index contributed by atoms with van der Waals surface area (Å²) in [6.45, 7) is 8.06. The predicted molar refractivity (Wildman–Crippen MR) is 88.4 cm³/mol. The molecule has 0 amide bonds. The standard InChI is InChI=1S/C16H19BN4O2/c1-15(2)16(3,4)23-17(22-15)12-6-5-7-13(8-12)21-14(19)11(9-18)10-20-21/h5-8,10H,19H2,1-4H3. The summed E-state index contributed by atoms with van der Waals surface area (Å²) in [5.74, 6) is 0.318. The summed E-state index contributed by atoms with van der Waals surface area (Å²) < 4.78 is 13.7. The summed E-state index contributed by atoms with van der Waals surface area (Å²) in [7, 11) is -0.452. The number of nitrogen functional groups attached to an aromatic ring is 1. The van der Waals surface area contributed by atoms with Gasteiger partial charge in [-0.05, 0) is 45.3 Å². The lowest BCUT2D eigenvalue weighted by molar-refractivity contribution is 0.00578. The van der Waals surface area contributed by atoms with E-state index in [0.29, 0.717) is 11.4 Å². The largest absolute Gasteiger partial charge is 0.494 e. The lowest BCUT2D eigenvalue weighted by Gasteiger charge is -2.32. The van der Waals surface area contributed by atoms with Crippen molar-refractivity contribution < 1.29 is 9.31 Å². The summed E-state index contributed by atoms with van der Waals surface area (Å²) in [5, 5.41) is 13.2. The van der Waals surface area contributed by atoms with Gasteiger partial charge in [-0.1, -0.05) is 12.1 Å². The summed E-state index contributed by atoms with van der Waals surface area (Å²) >= 11 is 0. The van der Waals surface area contributed by atoms with Crippen LogP contribution < -0.4 is 11.2 Å². The minimum atomic E-state index is -0.452. The maximum Gasteiger partial charge on any atom is 0.494 e. The van der Waals surface area contributed by atoms with Gasteiger partial charge in [-0.15, -0.1) is 0 Å². The molecule has 2 aromatic rings. The van der Waals surface area contributed by atoms with E-state index in [1.54, 1.807) is 0 Å². The van der Waals surface area contributed by atoms with Gasteiger partial charge in [-0.2, -0.15) is 10.4 Å². The maximum atomic E-state index is 9.00. The first-order valence-electron chi connectivity index (χ1n) is 7.45. The Kier molecular flexibility index (Phi) is 3.47. The van der Waals surface area contributed by atoms with Crippen LogP contribution in [0.5, 0.6) is 0 Å². The van der Waals surface area contributed by atoms with Gasteiger partial charge in [0.2, 0.25) is 0 Å². The molecule has 6 nitrogen and oxygen atoms in total. The second-order valence-corrected chi connectivity index (χ2v) is 6.65. The molecule has 3 rings (SSSR count). The molecule has 1 aliphatic heterocycles. The molecule has 2 heterocycles. The van der Waals surface area contributed by atoms with E-state index >= 15 is 0 Å². The fourth-order valence-electron chi connectivity index (χ4n) is 2.43. The van der Waals surface area contributed by atoms with Gasteiger partial charge in [0.15, 0.2) is 0 Å². The quantitative estimate of drug-likeness (QED) is 0.852. The van der Waals surface area contributed by atoms with Crippen molar-refractivity contribution in [2.75, 3.05) is 5.73 Å². The van der Waals surface area contributed by atoms with E-state index in [-0.39, 0.29) is 0 Å². The predicted octanol–water partition coefficient (Wildman–Crippen LogP) is 1.63. The van der Waals surface area contributed by atoms with Crippen LogP contribution in [0.25, 0.3) is 5.69 Å². The smallest absolute Gasteiger partial charge is 0.399 e. The van der Waals surface area contributed by atoms with Gasteiger partial charge in [0.25, 0.3) is 0 Å². The lowest BCUT2D eigenvalue weighted by Crippen LogP contribution is -2.41. The number of rotatable bonds is 2. The molecule has 0 unspecified atom stereocenters. The summed E-state index contributed by atoms with van der Waals surface area (Å²) in [5.41, 5.74) is 7.16. The van der Waals surface area contributed by atoms with Crippen LogP contribution in [-0.2, 0) is 9.31 Å². The Hall–Kier alpha value is -2.30. The topological polar surface area (TPSA) is 86.1 Å². The Morgan fingerprint density at radius 1 is 1.22 bits per heavy atom. The number of nitrogens with two attached hydrogens (primary N) is 1. The third kappa shape index (κ3) is 2.50. The molecule has 1 fully saturated rings. The zero-order valence-electron chi connectivity index (χ0n) is 13.7. The Morgan fingerprint density at radius 3 is 2.43 bits per heavy atom. The second kappa shape index (κ2) is 5.12. The van der Waals surface area contributed by atoms with Gasteiger partial charge < -0.3 is 15.0 Å². The first kappa shape index (κ1) is 15.6. The third-order valence-corrected chi connectivity index (χ3v) is 4.57. The van der Waals surface area contributed by atoms with Crippen LogP contribution in [0.3, 0.4) is 0 Å². The fourth-order valence-corrected chi connectivity index (χ4v) is 2.43. The fraction of sp³-hybridized carbons (Fsp3) is 0.375. The van der Waals surface area contributed by atoms with Gasteiger partial charge in [0, 0.05) is 0 Å². The lowest BCUT2D eigenvalue weighted by atomic mass is 9.79. The van der Waals surface area contributed by atoms with Crippen molar-refractivity contribution in [3.8, 4) is 11.8 Å². The van der Waals surface area contributed by atoms with Crippen molar-refractivity contribution >= 4 is 18.4 Å². The molecule has 7 heteroatoms. The van der Waals surface area contributed by atoms with E-state index in [4.69, 9.17) is 20.3 Å². The second-order valence-electron chi connectivity index (χ2n) is 6.65. The highest BCUT2D eigenvalue weighted by Crippen LogP contribution is 2.36. The van der Waals surface area contributed by atoms with Crippen molar-refractivity contribution in [1.82, 2.24) is 9.78 Å². The SMILES string of the molecule is CC1(C)OB(c2cccc(-n3ncc(C#N)c3N)c2)OC1(C)C. The van der Waals surface area contributed by atoms with Gasteiger partial charge in [0.05, 0.1) is 23.1 Å². The summed E-state index contributed by atoms with van der Waals surface area (Å²) in [6.07, 6.45) is 1.46. The highest BCUT2D eigenvalue weighted by atomic mass is 16.7. The molecule has 0 atom stereocenters. The van der Waals surface area contributed by atoms with E-state index in [9.17, 15) is 0 Å². The van der Waals surface area contributed by atoms with Crippen molar-refractivity contribution in [1.29, 1.82) is 5.26 Å². The molecule has 118 valence electrons. The van der Waals surface area contributed by atoms with Gasteiger partial charge in [-0.25, -0.2) is 4.68 Å². The van der Waals surface area contributed by atoms with Gasteiger partial charge in [0.1, 0.15) is 17.5 Å². The minimum Gasteiger partial charge on any atom is -0.399 e. The van der Waals surface area contributed by atoms with Crippen LogP contribution in [0.15, 0.2) is 30.5 Å². The number of nitrogens with zero attached hydrogens (tertiary/aromatic N) is 3. The molecule has 0 bridgehead atoms. The molecule has 1 aliphatic rings. The molecule has 1 saturated heterocycles. The Labute approximate surface area is 135 Å². The molecule has 0 radical (unpaired) electrons. The van der Waals surface area contributed by atoms with Crippen molar-refractivity contribution in [3.63, 3.8) is 0 Å². The van der Waals surface area contributed by atoms with E-state index < -0.39 is 18.3 Å². The van der Waals surface area contributed by atoms with Crippen LogP contribution in [0, 0.1) is 11.3 Å². The first-order valence-corrected chi connectivity index (χ1v) is 7.45. The molecule has 1 aromatic carbocycles. The molecule has 1 aromatic heterocycles. The van der Waals surface area contributed by atoms with Crippen molar-refractivity contribution in [2.24, 2.45) is 0 Å². The highest BCUT2D eigenvalue weighted by Gasteiger charge is 2.51. The van der Waals surface area contributed by atoms with Gasteiger partial charge >= 0.3 is 7.12 Å². The molecular weight excluding hydrogens is 291 g/mol. The van der Waals surface area contributed by atoms with E-state index in [2.05, 4.69) is 5.10 Å². The zero-order chi connectivity index (χ0) is 16.8. The minimum absolute atomic E-state index is 0.318. The Morgan fingerprint density at radius 2 is 1.87 bits per heavy atom. The average Bonchev–Trinajstić information content (AvgIpc) is 2.96. The molecule has 2 N–H and O–H groups in total. The van der Waals surface area contributed by atoms with Crippen LogP contribution >= 0.6 is 0 Å². The number of benzene rings is 1. The maximum absolute atomic E-state index is 9.00. The number of nitriles is 1. The van der Waals surface area contributed by atoms with E-state index in [1.807, 2.05) is 58.0 Å². The number of aromatic nitrogens is 2. The monoisotopic (exact) mass is 310 g/mol. The van der Waals surface area contributed by atoms with Crippen LogP contribution in [0.2, 0.25) is 0 Å². The van der Waals surface area contributed by atoms with E-state index in [1.165, 1.54) is 10.9 Å².